The van der Waals surface area contributed by atoms with E-state index in [1.807, 2.05) is 0 Å². The molecule has 2 rings (SSSR count). The van der Waals surface area contributed by atoms with Crippen LogP contribution < -0.4 is 21.5 Å². The van der Waals surface area contributed by atoms with Crippen LogP contribution in [0.4, 0.5) is 0 Å². The number of hydrogen-bond donors (Lipinski definition) is 3. The van der Waals surface area contributed by atoms with E-state index in [9.17, 15) is 9.59 Å². The van der Waals surface area contributed by atoms with Crippen LogP contribution in [-0.2, 0) is 4.79 Å². The number of primary amides is 1. The molecule has 1 aliphatic carbocycles. The molecular formula is C16H24ClN3O3. The van der Waals surface area contributed by atoms with Gasteiger partial charge in [-0.25, -0.2) is 0 Å². The van der Waals surface area contributed by atoms with Crippen molar-refractivity contribution in [1.29, 1.82) is 0 Å². The number of amides is 2. The number of nitrogens with two attached hydrogens (primary N) is 2. The third kappa shape index (κ3) is 5.41. The predicted molar refractivity (Wildman–Crippen MR) is 90.7 cm³/mol. The van der Waals surface area contributed by atoms with Gasteiger partial charge < -0.3 is 21.5 Å². The smallest absolute Gasteiger partial charge is 0.248 e. The van der Waals surface area contributed by atoms with Crippen LogP contribution in [0.5, 0.6) is 5.75 Å². The Labute approximate surface area is 142 Å². The molecule has 0 aliphatic heterocycles. The second-order valence-electron chi connectivity index (χ2n) is 5.73. The predicted octanol–water partition coefficient (Wildman–Crippen LogP) is 1.36. The Morgan fingerprint density at radius 3 is 2.57 bits per heavy atom. The summed E-state index contributed by atoms with van der Waals surface area (Å²) in [7, 11) is 0. The van der Waals surface area contributed by atoms with Gasteiger partial charge in [-0.2, -0.15) is 0 Å². The summed E-state index contributed by atoms with van der Waals surface area (Å²) in [5, 5.41) is 3.04. The lowest BCUT2D eigenvalue weighted by Crippen LogP contribution is -2.51. The fourth-order valence-corrected chi connectivity index (χ4v) is 2.79. The van der Waals surface area contributed by atoms with E-state index in [0.29, 0.717) is 17.9 Å². The van der Waals surface area contributed by atoms with E-state index in [-0.39, 0.29) is 36.9 Å². The van der Waals surface area contributed by atoms with E-state index in [1.54, 1.807) is 24.3 Å². The van der Waals surface area contributed by atoms with Gasteiger partial charge in [-0.15, -0.1) is 12.4 Å². The Kier molecular flexibility index (Phi) is 7.32. The number of ether oxygens (including phenoxy) is 1. The molecule has 6 nitrogen and oxygen atoms in total. The van der Waals surface area contributed by atoms with E-state index in [1.165, 1.54) is 0 Å². The average molecular weight is 342 g/mol. The molecule has 1 aliphatic rings. The molecule has 0 unspecified atom stereocenters. The normalized spacial score (nSPS) is 15.5. The second kappa shape index (κ2) is 8.74. The van der Waals surface area contributed by atoms with Crippen molar-refractivity contribution in [1.82, 2.24) is 5.32 Å². The molecular weight excluding hydrogens is 318 g/mol. The standard InChI is InChI=1S/C16H23N3O3.ClH/c17-11-16(7-1-2-8-16)19-14(20)6-9-22-13-5-3-4-12(10-13)15(18)21;/h3-5,10H,1-2,6-9,11,17H2,(H2,18,21)(H,19,20);1H. The van der Waals surface area contributed by atoms with Gasteiger partial charge in [0.15, 0.2) is 0 Å². The maximum Gasteiger partial charge on any atom is 0.248 e. The fourth-order valence-electron chi connectivity index (χ4n) is 2.79. The van der Waals surface area contributed by atoms with Crippen molar-refractivity contribution in [3.05, 3.63) is 29.8 Å². The van der Waals surface area contributed by atoms with E-state index >= 15 is 0 Å². The minimum absolute atomic E-state index is 0. The van der Waals surface area contributed by atoms with Gasteiger partial charge in [0.2, 0.25) is 11.8 Å². The van der Waals surface area contributed by atoms with Crippen molar-refractivity contribution in [3.8, 4) is 5.75 Å². The molecule has 2 amide bonds. The van der Waals surface area contributed by atoms with Crippen LogP contribution >= 0.6 is 12.4 Å². The Hall–Kier alpha value is -1.79. The summed E-state index contributed by atoms with van der Waals surface area (Å²) in [6.07, 6.45) is 4.35. The third-order valence-electron chi connectivity index (χ3n) is 4.07. The highest BCUT2D eigenvalue weighted by Crippen LogP contribution is 2.28. The van der Waals surface area contributed by atoms with Crippen molar-refractivity contribution in [2.45, 2.75) is 37.6 Å². The van der Waals surface area contributed by atoms with Gasteiger partial charge in [0, 0.05) is 12.1 Å². The quantitative estimate of drug-likeness (QED) is 0.696. The third-order valence-corrected chi connectivity index (χ3v) is 4.07. The monoisotopic (exact) mass is 341 g/mol. The summed E-state index contributed by atoms with van der Waals surface area (Å²) in [6.45, 7) is 0.717. The fraction of sp³-hybridized carbons (Fsp3) is 0.500. The number of hydrogen-bond acceptors (Lipinski definition) is 4. The number of carbonyl (C=O) groups excluding carboxylic acids is 2. The number of benzene rings is 1. The van der Waals surface area contributed by atoms with Crippen molar-refractivity contribution in [3.63, 3.8) is 0 Å². The first-order valence-electron chi connectivity index (χ1n) is 7.58. The molecule has 23 heavy (non-hydrogen) atoms. The summed E-state index contributed by atoms with van der Waals surface area (Å²) < 4.78 is 5.50. The lowest BCUT2D eigenvalue weighted by molar-refractivity contribution is -0.123. The summed E-state index contributed by atoms with van der Waals surface area (Å²) in [6, 6.07) is 6.60. The number of carbonyl (C=O) groups is 2. The summed E-state index contributed by atoms with van der Waals surface area (Å²) in [4.78, 5) is 23.1. The van der Waals surface area contributed by atoms with Crippen LogP contribution in [0.3, 0.4) is 0 Å². The largest absolute Gasteiger partial charge is 0.493 e. The highest BCUT2D eigenvalue weighted by atomic mass is 35.5. The van der Waals surface area contributed by atoms with Crippen LogP contribution in [0.2, 0.25) is 0 Å². The topological polar surface area (TPSA) is 107 Å². The first-order chi connectivity index (χ1) is 10.5. The maximum absolute atomic E-state index is 12.0. The van der Waals surface area contributed by atoms with Gasteiger partial charge in [-0.3, -0.25) is 9.59 Å². The minimum atomic E-state index is -0.505. The SMILES string of the molecule is Cl.NCC1(NC(=O)CCOc2cccc(C(N)=O)c2)CCCC1. The molecule has 1 aromatic rings. The molecule has 1 saturated carbocycles. The molecule has 0 atom stereocenters. The van der Waals surface area contributed by atoms with E-state index < -0.39 is 5.91 Å². The molecule has 1 fully saturated rings. The zero-order valence-corrected chi connectivity index (χ0v) is 13.9. The summed E-state index contributed by atoms with van der Waals surface area (Å²) >= 11 is 0. The van der Waals surface area contributed by atoms with Gasteiger partial charge in [0.05, 0.1) is 18.6 Å². The molecule has 0 saturated heterocycles. The molecule has 0 aromatic heterocycles. The maximum atomic E-state index is 12.0. The van der Waals surface area contributed by atoms with Crippen LogP contribution in [0.25, 0.3) is 0 Å². The van der Waals surface area contributed by atoms with Crippen LogP contribution in [-0.4, -0.2) is 30.5 Å². The van der Waals surface area contributed by atoms with E-state index in [2.05, 4.69) is 5.32 Å². The highest BCUT2D eigenvalue weighted by molar-refractivity contribution is 5.93. The Bertz CT molecular complexity index is 545. The zero-order valence-electron chi connectivity index (χ0n) is 13.0. The van der Waals surface area contributed by atoms with Crippen molar-refractivity contribution in [2.75, 3.05) is 13.2 Å². The first-order valence-corrected chi connectivity index (χ1v) is 7.58. The lowest BCUT2D eigenvalue weighted by Gasteiger charge is -2.28. The summed E-state index contributed by atoms with van der Waals surface area (Å²) in [5.74, 6) is -0.0359. The van der Waals surface area contributed by atoms with Crippen LogP contribution in [0.15, 0.2) is 24.3 Å². The minimum Gasteiger partial charge on any atom is -0.493 e. The summed E-state index contributed by atoms with van der Waals surface area (Å²) in [5.41, 5.74) is 11.2. The van der Waals surface area contributed by atoms with Crippen LogP contribution in [0.1, 0.15) is 42.5 Å². The van der Waals surface area contributed by atoms with Gasteiger partial charge in [-0.1, -0.05) is 18.9 Å². The molecule has 7 heteroatoms. The zero-order chi connectivity index (χ0) is 16.0. The van der Waals surface area contributed by atoms with Gasteiger partial charge >= 0.3 is 0 Å². The molecule has 128 valence electrons. The van der Waals surface area contributed by atoms with Crippen molar-refractivity contribution < 1.29 is 14.3 Å². The van der Waals surface area contributed by atoms with Gasteiger partial charge in [0.1, 0.15) is 5.75 Å². The molecule has 0 bridgehead atoms. The van der Waals surface area contributed by atoms with E-state index in [0.717, 1.165) is 25.7 Å². The Morgan fingerprint density at radius 1 is 1.26 bits per heavy atom. The molecule has 1 aromatic carbocycles. The second-order valence-corrected chi connectivity index (χ2v) is 5.73. The van der Waals surface area contributed by atoms with E-state index in [4.69, 9.17) is 16.2 Å². The molecule has 0 radical (unpaired) electrons. The van der Waals surface area contributed by atoms with Crippen LogP contribution in [0, 0.1) is 0 Å². The Morgan fingerprint density at radius 2 is 1.96 bits per heavy atom. The lowest BCUT2D eigenvalue weighted by atomic mass is 9.98. The Balaban J connectivity index is 0.00000264. The highest BCUT2D eigenvalue weighted by Gasteiger charge is 2.33. The van der Waals surface area contributed by atoms with Crippen molar-refractivity contribution >= 4 is 24.2 Å². The molecule has 0 spiro atoms. The van der Waals surface area contributed by atoms with Crippen molar-refractivity contribution in [2.24, 2.45) is 11.5 Å². The number of rotatable bonds is 7. The van der Waals surface area contributed by atoms with Gasteiger partial charge in [-0.05, 0) is 31.0 Å². The average Bonchev–Trinajstić information content (AvgIpc) is 2.96. The molecule has 0 heterocycles. The first kappa shape index (κ1) is 19.3. The number of nitrogens with one attached hydrogen (secondary N) is 1. The molecule has 5 N–H and O–H groups in total. The van der Waals surface area contributed by atoms with Gasteiger partial charge in [0.25, 0.3) is 0 Å². The number of halogens is 1.